The number of aromatic hydroxyl groups is 1. The minimum Gasteiger partial charge on any atom is -0.508 e. The van der Waals surface area contributed by atoms with Gasteiger partial charge in [0.05, 0.1) is 5.01 Å². The number of nitrogens with zero attached hydrogens (tertiary/aromatic N) is 2. The maximum absolute atomic E-state index is 12.6. The number of fused-ring (bicyclic) bond motifs is 1. The van der Waals surface area contributed by atoms with Gasteiger partial charge in [0.25, 0.3) is 0 Å². The van der Waals surface area contributed by atoms with E-state index in [4.69, 9.17) is 0 Å². The lowest BCUT2D eigenvalue weighted by molar-refractivity contribution is -0.140. The quantitative estimate of drug-likeness (QED) is 0.301. The van der Waals surface area contributed by atoms with Crippen molar-refractivity contribution < 1.29 is 18.3 Å². The second-order valence-electron chi connectivity index (χ2n) is 6.63. The van der Waals surface area contributed by atoms with Gasteiger partial charge >= 0.3 is 6.18 Å². The lowest BCUT2D eigenvalue weighted by Crippen LogP contribution is -2.38. The zero-order valence-electron chi connectivity index (χ0n) is 16.0. The summed E-state index contributed by atoms with van der Waals surface area (Å²) in [6.45, 7) is 0.841. The summed E-state index contributed by atoms with van der Waals surface area (Å²) in [6, 6.07) is 3.72. The first-order chi connectivity index (χ1) is 13.4. The number of aromatic nitrogens is 1. The Morgan fingerprint density at radius 1 is 1.24 bits per heavy atom. The molecule has 29 heavy (non-hydrogen) atoms. The lowest BCUT2D eigenvalue weighted by atomic mass is 9.88. The molecule has 1 aliphatic carbocycles. The largest absolute Gasteiger partial charge is 0.508 e. The molecule has 0 radical (unpaired) electrons. The van der Waals surface area contributed by atoms with Crippen molar-refractivity contribution in [3.63, 3.8) is 0 Å². The number of halogens is 4. The van der Waals surface area contributed by atoms with Crippen molar-refractivity contribution in [2.24, 2.45) is 4.99 Å². The van der Waals surface area contributed by atoms with Gasteiger partial charge in [0.15, 0.2) is 11.7 Å². The molecule has 0 spiro atoms. The summed E-state index contributed by atoms with van der Waals surface area (Å²) < 4.78 is 37.8. The SMILES string of the molecule is CN=C(NCCc1nc(C(F)(F)F)cs1)NCc1c(O)ccc2c1CCCC2.I. The number of aryl methyl sites for hydroxylation is 1. The van der Waals surface area contributed by atoms with Crippen molar-refractivity contribution in [3.05, 3.63) is 44.9 Å². The van der Waals surface area contributed by atoms with Gasteiger partial charge in [-0.3, -0.25) is 4.99 Å². The molecule has 0 aliphatic heterocycles. The molecular weight excluding hydrogens is 516 g/mol. The van der Waals surface area contributed by atoms with E-state index in [0.29, 0.717) is 30.5 Å². The highest BCUT2D eigenvalue weighted by Crippen LogP contribution is 2.31. The third-order valence-electron chi connectivity index (χ3n) is 4.76. The first kappa shape index (κ1) is 23.7. The number of rotatable bonds is 5. The number of hydrogen-bond acceptors (Lipinski definition) is 4. The molecular formula is C19H24F3IN4OS. The molecule has 0 atom stereocenters. The van der Waals surface area contributed by atoms with Crippen LogP contribution in [0.1, 0.15) is 40.2 Å². The van der Waals surface area contributed by atoms with Crippen LogP contribution in [0.3, 0.4) is 0 Å². The van der Waals surface area contributed by atoms with Gasteiger partial charge in [-0.25, -0.2) is 4.98 Å². The van der Waals surface area contributed by atoms with E-state index in [-0.39, 0.29) is 29.7 Å². The Labute approximate surface area is 188 Å². The third-order valence-corrected chi connectivity index (χ3v) is 5.66. The fourth-order valence-corrected chi connectivity index (χ4v) is 4.13. The molecule has 1 aromatic carbocycles. The molecule has 1 aliphatic rings. The highest BCUT2D eigenvalue weighted by atomic mass is 127. The highest BCUT2D eigenvalue weighted by Gasteiger charge is 2.33. The molecule has 2 aromatic rings. The topological polar surface area (TPSA) is 69.5 Å². The predicted octanol–water partition coefficient (Wildman–Crippen LogP) is 4.27. The Kier molecular flexibility index (Phi) is 8.56. The second kappa shape index (κ2) is 10.5. The standard InChI is InChI=1S/C19H23F3N4OS.HI/c1-23-18(24-9-8-17-26-16(11-28-17)19(20,21)22)25-10-14-13-5-3-2-4-12(13)6-7-15(14)27;/h6-7,11,27H,2-5,8-10H2,1H3,(H2,23,24,25);1H. The molecule has 0 saturated heterocycles. The molecule has 3 N–H and O–H groups in total. The number of benzene rings is 1. The normalized spacial score (nSPS) is 14.1. The molecule has 3 rings (SSSR count). The molecule has 0 saturated carbocycles. The smallest absolute Gasteiger partial charge is 0.434 e. The van der Waals surface area contributed by atoms with Gasteiger partial charge in [0.1, 0.15) is 5.75 Å². The van der Waals surface area contributed by atoms with E-state index in [1.807, 2.05) is 6.07 Å². The Morgan fingerprint density at radius 2 is 2.00 bits per heavy atom. The number of phenolic OH excluding ortho intramolecular Hbond substituents is 1. The number of aliphatic imine (C=N–C) groups is 1. The van der Waals surface area contributed by atoms with Crippen LogP contribution in [0.5, 0.6) is 5.75 Å². The number of phenols is 1. The van der Waals surface area contributed by atoms with E-state index in [9.17, 15) is 18.3 Å². The van der Waals surface area contributed by atoms with Crippen molar-refractivity contribution in [2.45, 2.75) is 44.8 Å². The summed E-state index contributed by atoms with van der Waals surface area (Å²) in [4.78, 5) is 7.75. The van der Waals surface area contributed by atoms with Crippen LogP contribution in [0.25, 0.3) is 0 Å². The second-order valence-corrected chi connectivity index (χ2v) is 7.58. The number of thiazole rings is 1. The minimum atomic E-state index is -4.41. The molecule has 1 aromatic heterocycles. The summed E-state index contributed by atoms with van der Waals surface area (Å²) in [5.74, 6) is 0.798. The molecule has 0 amide bonds. The van der Waals surface area contributed by atoms with Crippen LogP contribution in [0.15, 0.2) is 22.5 Å². The van der Waals surface area contributed by atoms with Crippen LogP contribution in [0, 0.1) is 0 Å². The van der Waals surface area contributed by atoms with Gasteiger partial charge in [-0.05, 0) is 42.9 Å². The van der Waals surface area contributed by atoms with E-state index in [1.54, 1.807) is 13.1 Å². The monoisotopic (exact) mass is 540 g/mol. The summed E-state index contributed by atoms with van der Waals surface area (Å²) in [5, 5.41) is 18.0. The van der Waals surface area contributed by atoms with Crippen molar-refractivity contribution in [3.8, 4) is 5.75 Å². The van der Waals surface area contributed by atoms with E-state index in [2.05, 4.69) is 20.6 Å². The molecule has 1 heterocycles. The van der Waals surface area contributed by atoms with Gasteiger partial charge in [0, 0.05) is 37.5 Å². The zero-order chi connectivity index (χ0) is 20.1. The van der Waals surface area contributed by atoms with Gasteiger partial charge in [-0.2, -0.15) is 13.2 Å². The number of alkyl halides is 3. The van der Waals surface area contributed by atoms with Crippen molar-refractivity contribution >= 4 is 41.3 Å². The maximum atomic E-state index is 12.6. The van der Waals surface area contributed by atoms with Crippen molar-refractivity contribution in [1.82, 2.24) is 15.6 Å². The summed E-state index contributed by atoms with van der Waals surface area (Å²) >= 11 is 0.999. The fourth-order valence-electron chi connectivity index (χ4n) is 3.33. The predicted molar refractivity (Wildman–Crippen MR) is 119 cm³/mol. The molecule has 5 nitrogen and oxygen atoms in total. The van der Waals surface area contributed by atoms with Crippen LogP contribution >= 0.6 is 35.3 Å². The average Bonchev–Trinajstić information content (AvgIpc) is 3.15. The van der Waals surface area contributed by atoms with Gasteiger partial charge < -0.3 is 15.7 Å². The Morgan fingerprint density at radius 3 is 2.69 bits per heavy atom. The highest BCUT2D eigenvalue weighted by molar-refractivity contribution is 14.0. The minimum absolute atomic E-state index is 0. The Bertz CT molecular complexity index is 854. The lowest BCUT2D eigenvalue weighted by Gasteiger charge is -2.21. The molecule has 10 heteroatoms. The summed E-state index contributed by atoms with van der Waals surface area (Å²) in [6.07, 6.45) is 0.233. The Hall–Kier alpha value is -1.56. The molecule has 0 fully saturated rings. The maximum Gasteiger partial charge on any atom is 0.434 e. The van der Waals surface area contributed by atoms with Crippen LogP contribution in [-0.2, 0) is 32.0 Å². The number of nitrogens with one attached hydrogen (secondary N) is 2. The first-order valence-electron chi connectivity index (χ1n) is 9.17. The van der Waals surface area contributed by atoms with Gasteiger partial charge in [-0.15, -0.1) is 35.3 Å². The van der Waals surface area contributed by atoms with Crippen LogP contribution < -0.4 is 10.6 Å². The van der Waals surface area contributed by atoms with E-state index in [0.717, 1.165) is 41.5 Å². The average molecular weight is 540 g/mol. The van der Waals surface area contributed by atoms with E-state index < -0.39 is 11.9 Å². The molecule has 160 valence electrons. The Balaban J connectivity index is 0.00000300. The van der Waals surface area contributed by atoms with Gasteiger partial charge in [0.2, 0.25) is 0 Å². The van der Waals surface area contributed by atoms with Crippen LogP contribution in [0.4, 0.5) is 13.2 Å². The number of guanidine groups is 1. The van der Waals surface area contributed by atoms with Crippen LogP contribution in [0.2, 0.25) is 0 Å². The van der Waals surface area contributed by atoms with Crippen molar-refractivity contribution in [1.29, 1.82) is 0 Å². The van der Waals surface area contributed by atoms with Crippen molar-refractivity contribution in [2.75, 3.05) is 13.6 Å². The zero-order valence-corrected chi connectivity index (χ0v) is 19.1. The van der Waals surface area contributed by atoms with E-state index in [1.165, 1.54) is 17.5 Å². The fraction of sp³-hybridized carbons (Fsp3) is 0.474. The third kappa shape index (κ3) is 6.21. The van der Waals surface area contributed by atoms with Gasteiger partial charge in [-0.1, -0.05) is 6.07 Å². The number of hydrogen-bond donors (Lipinski definition) is 3. The van der Waals surface area contributed by atoms with Crippen LogP contribution in [-0.4, -0.2) is 29.6 Å². The summed E-state index contributed by atoms with van der Waals surface area (Å²) in [7, 11) is 1.63. The summed E-state index contributed by atoms with van der Waals surface area (Å²) in [5.41, 5.74) is 2.53. The first-order valence-corrected chi connectivity index (χ1v) is 10.0. The molecule has 0 bridgehead atoms. The van der Waals surface area contributed by atoms with E-state index >= 15 is 0 Å². The molecule has 0 unspecified atom stereocenters.